The molecule has 0 saturated heterocycles. The second kappa shape index (κ2) is 8.41. The van der Waals surface area contributed by atoms with Crippen LogP contribution in [0.15, 0.2) is 103 Å². The Morgan fingerprint density at radius 2 is 1.61 bits per heavy atom. The minimum absolute atomic E-state index is 0.724. The van der Waals surface area contributed by atoms with Crippen LogP contribution in [0.4, 0.5) is 5.69 Å². The molecule has 0 atom stereocenters. The van der Waals surface area contributed by atoms with Gasteiger partial charge in [-0.2, -0.15) is 0 Å². The SMILES string of the molecule is Cc1cc(-c2ccc(CNc3cccc4cc(-c5ccccc5)ccc34)cn2)ccn1. The van der Waals surface area contributed by atoms with E-state index in [9.17, 15) is 0 Å². The number of hydrogen-bond acceptors (Lipinski definition) is 3. The maximum Gasteiger partial charge on any atom is 0.0703 e. The number of benzene rings is 3. The van der Waals surface area contributed by atoms with Gasteiger partial charge >= 0.3 is 0 Å². The summed E-state index contributed by atoms with van der Waals surface area (Å²) in [6, 6.07) is 31.8. The van der Waals surface area contributed by atoms with Crippen LogP contribution in [-0.4, -0.2) is 9.97 Å². The molecule has 0 amide bonds. The Morgan fingerprint density at radius 1 is 0.710 bits per heavy atom. The Morgan fingerprint density at radius 3 is 2.42 bits per heavy atom. The van der Waals surface area contributed by atoms with Gasteiger partial charge in [-0.05, 0) is 59.3 Å². The highest BCUT2D eigenvalue weighted by molar-refractivity contribution is 5.96. The summed E-state index contributed by atoms with van der Waals surface area (Å²) in [5.41, 5.74) is 7.80. The Balaban J connectivity index is 1.35. The van der Waals surface area contributed by atoms with E-state index in [0.29, 0.717) is 0 Å². The summed E-state index contributed by atoms with van der Waals surface area (Å²) in [4.78, 5) is 8.90. The van der Waals surface area contributed by atoms with Gasteiger partial charge in [0, 0.05) is 41.3 Å². The molecule has 0 aliphatic rings. The molecule has 0 bridgehead atoms. The van der Waals surface area contributed by atoms with Crippen LogP contribution in [0.2, 0.25) is 0 Å². The van der Waals surface area contributed by atoms with Gasteiger partial charge < -0.3 is 5.32 Å². The first-order valence-electron chi connectivity index (χ1n) is 10.5. The van der Waals surface area contributed by atoms with E-state index in [4.69, 9.17) is 0 Å². The predicted molar refractivity (Wildman–Crippen MR) is 129 cm³/mol. The molecular weight excluding hydrogens is 378 g/mol. The van der Waals surface area contributed by atoms with Crippen LogP contribution >= 0.6 is 0 Å². The van der Waals surface area contributed by atoms with Gasteiger partial charge in [-0.15, -0.1) is 0 Å². The normalized spacial score (nSPS) is 10.9. The van der Waals surface area contributed by atoms with E-state index >= 15 is 0 Å². The summed E-state index contributed by atoms with van der Waals surface area (Å²) in [7, 11) is 0. The van der Waals surface area contributed by atoms with Crippen molar-refractivity contribution in [3.63, 3.8) is 0 Å². The van der Waals surface area contributed by atoms with E-state index in [1.807, 2.05) is 31.5 Å². The third-order valence-electron chi connectivity index (χ3n) is 5.49. The Bertz CT molecular complexity index is 1330. The van der Waals surface area contributed by atoms with Gasteiger partial charge in [0.25, 0.3) is 0 Å². The summed E-state index contributed by atoms with van der Waals surface area (Å²) >= 11 is 0. The van der Waals surface area contributed by atoms with Gasteiger partial charge in [0.05, 0.1) is 5.69 Å². The predicted octanol–water partition coefficient (Wildman–Crippen LogP) is 6.88. The number of anilines is 1. The molecule has 0 saturated carbocycles. The van der Waals surface area contributed by atoms with Crippen molar-refractivity contribution in [2.24, 2.45) is 0 Å². The quantitative estimate of drug-likeness (QED) is 0.349. The summed E-state index contributed by atoms with van der Waals surface area (Å²) in [5, 5.41) is 6.03. The summed E-state index contributed by atoms with van der Waals surface area (Å²) < 4.78 is 0. The second-order valence-corrected chi connectivity index (χ2v) is 7.70. The standard InChI is InChI=1S/C28H23N3/c1-20-16-25(14-15-29-20)27-13-10-21(18-30-27)19-31-28-9-5-8-24-17-23(11-12-26(24)28)22-6-3-2-4-7-22/h2-18,31H,19H2,1H3. The Labute approximate surface area is 182 Å². The number of nitrogens with zero attached hydrogens (tertiary/aromatic N) is 2. The van der Waals surface area contributed by atoms with Crippen molar-refractivity contribution in [2.75, 3.05) is 5.32 Å². The van der Waals surface area contributed by atoms with Crippen molar-refractivity contribution in [2.45, 2.75) is 13.5 Å². The third-order valence-corrected chi connectivity index (χ3v) is 5.49. The second-order valence-electron chi connectivity index (χ2n) is 7.70. The molecule has 3 heteroatoms. The van der Waals surface area contributed by atoms with Crippen molar-refractivity contribution in [1.29, 1.82) is 0 Å². The van der Waals surface area contributed by atoms with E-state index in [1.54, 1.807) is 0 Å². The molecule has 3 nitrogen and oxygen atoms in total. The van der Waals surface area contributed by atoms with Gasteiger partial charge in [-0.25, -0.2) is 0 Å². The van der Waals surface area contributed by atoms with Crippen LogP contribution in [0.5, 0.6) is 0 Å². The van der Waals surface area contributed by atoms with Crippen molar-refractivity contribution in [3.8, 4) is 22.4 Å². The van der Waals surface area contributed by atoms with Gasteiger partial charge in [0.1, 0.15) is 0 Å². The van der Waals surface area contributed by atoms with Gasteiger partial charge in [0.2, 0.25) is 0 Å². The lowest BCUT2D eigenvalue weighted by atomic mass is 10.0. The number of fused-ring (bicyclic) bond motifs is 1. The molecule has 2 aromatic heterocycles. The highest BCUT2D eigenvalue weighted by Crippen LogP contribution is 2.29. The maximum atomic E-state index is 4.64. The molecule has 0 fully saturated rings. The average molecular weight is 402 g/mol. The first-order chi connectivity index (χ1) is 15.3. The summed E-state index contributed by atoms with van der Waals surface area (Å²) in [5.74, 6) is 0. The molecular formula is C28H23N3. The molecule has 0 aliphatic carbocycles. The lowest BCUT2D eigenvalue weighted by Gasteiger charge is -2.12. The van der Waals surface area contributed by atoms with Crippen LogP contribution in [0.1, 0.15) is 11.3 Å². The average Bonchev–Trinajstić information content (AvgIpc) is 2.83. The van der Waals surface area contributed by atoms with Crippen LogP contribution < -0.4 is 5.32 Å². The van der Waals surface area contributed by atoms with E-state index in [2.05, 4.69) is 94.1 Å². The number of aryl methyl sites for hydroxylation is 1. The fourth-order valence-corrected chi connectivity index (χ4v) is 3.85. The number of pyridine rings is 2. The first kappa shape index (κ1) is 19.0. The molecule has 5 rings (SSSR count). The molecule has 3 aromatic carbocycles. The van der Waals surface area contributed by atoms with Crippen LogP contribution in [0.3, 0.4) is 0 Å². The fraction of sp³-hybridized carbons (Fsp3) is 0.0714. The monoisotopic (exact) mass is 401 g/mol. The number of hydrogen-bond donors (Lipinski definition) is 1. The van der Waals surface area contributed by atoms with E-state index in [0.717, 1.165) is 34.7 Å². The molecule has 0 aliphatic heterocycles. The Kier molecular flexibility index (Phi) is 5.16. The molecule has 5 aromatic rings. The summed E-state index contributed by atoms with van der Waals surface area (Å²) in [6.07, 6.45) is 3.77. The molecule has 2 heterocycles. The van der Waals surface area contributed by atoms with E-state index in [-0.39, 0.29) is 0 Å². The highest BCUT2D eigenvalue weighted by atomic mass is 14.9. The van der Waals surface area contributed by atoms with Gasteiger partial charge in [-0.1, -0.05) is 60.7 Å². The number of nitrogens with one attached hydrogen (secondary N) is 1. The van der Waals surface area contributed by atoms with Gasteiger partial charge in [-0.3, -0.25) is 9.97 Å². The minimum Gasteiger partial charge on any atom is -0.380 e. The topological polar surface area (TPSA) is 37.8 Å². The molecule has 0 radical (unpaired) electrons. The maximum absolute atomic E-state index is 4.64. The van der Waals surface area contributed by atoms with Crippen molar-refractivity contribution in [3.05, 3.63) is 115 Å². The summed E-state index contributed by atoms with van der Waals surface area (Å²) in [6.45, 7) is 2.72. The molecule has 150 valence electrons. The van der Waals surface area contributed by atoms with E-state index < -0.39 is 0 Å². The molecule has 31 heavy (non-hydrogen) atoms. The zero-order valence-electron chi connectivity index (χ0n) is 17.4. The molecule has 0 unspecified atom stereocenters. The molecule has 1 N–H and O–H groups in total. The third kappa shape index (κ3) is 4.17. The fourth-order valence-electron chi connectivity index (χ4n) is 3.85. The van der Waals surface area contributed by atoms with Gasteiger partial charge in [0.15, 0.2) is 0 Å². The number of rotatable bonds is 5. The van der Waals surface area contributed by atoms with Crippen molar-refractivity contribution in [1.82, 2.24) is 9.97 Å². The minimum atomic E-state index is 0.724. The van der Waals surface area contributed by atoms with Crippen LogP contribution in [0.25, 0.3) is 33.2 Å². The largest absolute Gasteiger partial charge is 0.380 e. The van der Waals surface area contributed by atoms with Crippen molar-refractivity contribution >= 4 is 16.5 Å². The smallest absolute Gasteiger partial charge is 0.0703 e. The zero-order chi connectivity index (χ0) is 21.0. The Hall–Kier alpha value is -3.98. The van der Waals surface area contributed by atoms with E-state index in [1.165, 1.54) is 21.9 Å². The van der Waals surface area contributed by atoms with Crippen LogP contribution in [0, 0.1) is 6.92 Å². The first-order valence-corrected chi connectivity index (χ1v) is 10.5. The zero-order valence-corrected chi connectivity index (χ0v) is 17.4. The van der Waals surface area contributed by atoms with Crippen LogP contribution in [-0.2, 0) is 6.54 Å². The molecule has 0 spiro atoms. The highest BCUT2D eigenvalue weighted by Gasteiger charge is 2.05. The lowest BCUT2D eigenvalue weighted by Crippen LogP contribution is -2.00. The van der Waals surface area contributed by atoms with Crippen molar-refractivity contribution < 1.29 is 0 Å². The lowest BCUT2D eigenvalue weighted by molar-refractivity contribution is 1.12. The number of aromatic nitrogens is 2.